The maximum absolute atomic E-state index is 11.3. The first-order chi connectivity index (χ1) is 8.04. The quantitative estimate of drug-likeness (QED) is 0.695. The smallest absolute Gasteiger partial charge is 0.307 e. The Hall–Kier alpha value is -1.10. The number of ether oxygens (including phenoxy) is 1. The van der Waals surface area contributed by atoms with Crippen molar-refractivity contribution in [2.45, 2.75) is 51.1 Å². The molecule has 0 aromatic rings. The van der Waals surface area contributed by atoms with Crippen LogP contribution in [-0.2, 0) is 14.3 Å². The number of amides is 1. The fourth-order valence-corrected chi connectivity index (χ4v) is 2.50. The number of nitrogens with zero attached hydrogens (tertiary/aromatic N) is 1. The first kappa shape index (κ1) is 14.0. The lowest BCUT2D eigenvalue weighted by Crippen LogP contribution is -2.46. The molecule has 0 aliphatic heterocycles. The highest BCUT2D eigenvalue weighted by Crippen LogP contribution is 2.25. The van der Waals surface area contributed by atoms with E-state index < -0.39 is 0 Å². The zero-order valence-electron chi connectivity index (χ0n) is 10.6. The number of hydrogen-bond acceptors (Lipinski definition) is 4. The summed E-state index contributed by atoms with van der Waals surface area (Å²) in [5.74, 6) is -0.585. The number of carbonyl (C=O) groups excluding carboxylic acids is 2. The Kier molecular flexibility index (Phi) is 5.41. The summed E-state index contributed by atoms with van der Waals surface area (Å²) < 4.78 is 4.66. The fraction of sp³-hybridized carbons (Fsp3) is 0.833. The third kappa shape index (κ3) is 4.34. The Morgan fingerprint density at radius 1 is 1.41 bits per heavy atom. The molecule has 1 aliphatic carbocycles. The predicted molar refractivity (Wildman–Crippen MR) is 64.3 cm³/mol. The van der Waals surface area contributed by atoms with Gasteiger partial charge in [0.25, 0.3) is 0 Å². The van der Waals surface area contributed by atoms with Gasteiger partial charge in [0, 0.05) is 12.1 Å². The normalized spacial score (nSPS) is 18.3. The van der Waals surface area contributed by atoms with E-state index in [-0.39, 0.29) is 24.5 Å². The van der Waals surface area contributed by atoms with Gasteiger partial charge in [-0.05, 0) is 19.8 Å². The van der Waals surface area contributed by atoms with E-state index in [2.05, 4.69) is 4.74 Å². The van der Waals surface area contributed by atoms with Crippen LogP contribution in [0.15, 0.2) is 0 Å². The number of esters is 1. The van der Waals surface area contributed by atoms with Crippen molar-refractivity contribution in [2.75, 3.05) is 13.7 Å². The summed E-state index contributed by atoms with van der Waals surface area (Å²) in [6, 6.07) is 0.375. The second-order valence-electron chi connectivity index (χ2n) is 4.71. The summed E-state index contributed by atoms with van der Waals surface area (Å²) in [5, 5.41) is 0. The zero-order chi connectivity index (χ0) is 12.8. The Labute approximate surface area is 102 Å². The van der Waals surface area contributed by atoms with Gasteiger partial charge in [-0.2, -0.15) is 0 Å². The summed E-state index contributed by atoms with van der Waals surface area (Å²) in [7, 11) is 1.38. The van der Waals surface area contributed by atoms with Gasteiger partial charge in [0.05, 0.1) is 20.1 Å². The molecule has 1 aliphatic rings. The van der Waals surface area contributed by atoms with Gasteiger partial charge in [0.15, 0.2) is 0 Å². The highest BCUT2D eigenvalue weighted by atomic mass is 16.5. The number of carbonyl (C=O) groups is 2. The van der Waals surface area contributed by atoms with Crippen LogP contribution in [0.2, 0.25) is 0 Å². The number of nitrogens with two attached hydrogens (primary N) is 1. The van der Waals surface area contributed by atoms with Gasteiger partial charge >= 0.3 is 5.97 Å². The molecule has 17 heavy (non-hydrogen) atoms. The van der Waals surface area contributed by atoms with E-state index in [9.17, 15) is 9.59 Å². The molecular formula is C12H22N2O3. The number of methoxy groups -OCH3 is 1. The van der Waals surface area contributed by atoms with Gasteiger partial charge in [-0.3, -0.25) is 14.5 Å². The summed E-state index contributed by atoms with van der Waals surface area (Å²) in [6.07, 6.45) is 4.84. The molecule has 0 aromatic heterocycles. The van der Waals surface area contributed by atoms with Crippen LogP contribution >= 0.6 is 0 Å². The van der Waals surface area contributed by atoms with Gasteiger partial charge in [-0.25, -0.2) is 0 Å². The minimum Gasteiger partial charge on any atom is -0.469 e. The molecule has 0 heterocycles. The lowest BCUT2D eigenvalue weighted by atomic mass is 10.1. The Bertz CT molecular complexity index is 275. The highest BCUT2D eigenvalue weighted by molar-refractivity contribution is 5.76. The van der Waals surface area contributed by atoms with Crippen LogP contribution in [0.25, 0.3) is 0 Å². The van der Waals surface area contributed by atoms with Crippen molar-refractivity contribution in [3.63, 3.8) is 0 Å². The summed E-state index contributed by atoms with van der Waals surface area (Å²) in [6.45, 7) is 2.17. The Morgan fingerprint density at radius 2 is 2.00 bits per heavy atom. The third-order valence-corrected chi connectivity index (χ3v) is 3.39. The minimum absolute atomic E-state index is 0.00181. The summed E-state index contributed by atoms with van der Waals surface area (Å²) >= 11 is 0. The molecule has 5 heteroatoms. The lowest BCUT2D eigenvalue weighted by Gasteiger charge is -2.32. The van der Waals surface area contributed by atoms with Gasteiger partial charge in [0.1, 0.15) is 0 Å². The minimum atomic E-state index is -0.339. The maximum atomic E-state index is 11.3. The average molecular weight is 242 g/mol. The van der Waals surface area contributed by atoms with Crippen molar-refractivity contribution in [3.8, 4) is 0 Å². The molecule has 0 aromatic carbocycles. The van der Waals surface area contributed by atoms with Crippen molar-refractivity contribution in [2.24, 2.45) is 5.73 Å². The molecule has 1 atom stereocenters. The van der Waals surface area contributed by atoms with Crippen LogP contribution < -0.4 is 5.73 Å². The van der Waals surface area contributed by atoms with E-state index >= 15 is 0 Å². The van der Waals surface area contributed by atoms with Crippen LogP contribution in [0, 0.1) is 0 Å². The molecule has 5 nitrogen and oxygen atoms in total. The van der Waals surface area contributed by atoms with Gasteiger partial charge in [-0.1, -0.05) is 12.8 Å². The van der Waals surface area contributed by atoms with Crippen molar-refractivity contribution >= 4 is 11.9 Å². The number of hydrogen-bond donors (Lipinski definition) is 1. The monoisotopic (exact) mass is 242 g/mol. The van der Waals surface area contributed by atoms with E-state index in [0.717, 1.165) is 12.8 Å². The second-order valence-corrected chi connectivity index (χ2v) is 4.71. The van der Waals surface area contributed by atoms with E-state index in [1.54, 1.807) is 0 Å². The number of rotatable bonds is 6. The Balaban J connectivity index is 2.60. The zero-order valence-corrected chi connectivity index (χ0v) is 10.6. The van der Waals surface area contributed by atoms with Crippen LogP contribution in [0.1, 0.15) is 39.0 Å². The molecule has 0 bridgehead atoms. The molecule has 98 valence electrons. The molecular weight excluding hydrogens is 220 g/mol. The first-order valence-electron chi connectivity index (χ1n) is 6.15. The Morgan fingerprint density at radius 3 is 2.47 bits per heavy atom. The molecule has 1 unspecified atom stereocenters. The molecule has 0 spiro atoms. The number of primary amides is 1. The fourth-order valence-electron chi connectivity index (χ4n) is 2.50. The van der Waals surface area contributed by atoms with E-state index in [1.165, 1.54) is 20.0 Å². The van der Waals surface area contributed by atoms with Crippen molar-refractivity contribution < 1.29 is 14.3 Å². The van der Waals surface area contributed by atoms with Crippen molar-refractivity contribution in [1.29, 1.82) is 0 Å². The third-order valence-electron chi connectivity index (χ3n) is 3.39. The summed E-state index contributed by atoms with van der Waals surface area (Å²) in [4.78, 5) is 24.4. The van der Waals surface area contributed by atoms with Crippen LogP contribution in [0.4, 0.5) is 0 Å². The van der Waals surface area contributed by atoms with E-state index in [1.807, 2.05) is 11.8 Å². The maximum Gasteiger partial charge on any atom is 0.307 e. The first-order valence-corrected chi connectivity index (χ1v) is 6.15. The second kappa shape index (κ2) is 6.59. The van der Waals surface area contributed by atoms with Crippen LogP contribution in [-0.4, -0.2) is 42.5 Å². The van der Waals surface area contributed by atoms with Crippen molar-refractivity contribution in [1.82, 2.24) is 4.90 Å². The topological polar surface area (TPSA) is 72.6 Å². The predicted octanol–water partition coefficient (Wildman–Crippen LogP) is 0.668. The largest absolute Gasteiger partial charge is 0.469 e. The van der Waals surface area contributed by atoms with Gasteiger partial charge in [-0.15, -0.1) is 0 Å². The molecule has 1 saturated carbocycles. The van der Waals surface area contributed by atoms with Crippen LogP contribution in [0.5, 0.6) is 0 Å². The van der Waals surface area contributed by atoms with E-state index in [0.29, 0.717) is 12.5 Å². The molecule has 1 amide bonds. The van der Waals surface area contributed by atoms with Crippen molar-refractivity contribution in [3.05, 3.63) is 0 Å². The van der Waals surface area contributed by atoms with Gasteiger partial charge < -0.3 is 10.5 Å². The van der Waals surface area contributed by atoms with E-state index in [4.69, 9.17) is 5.73 Å². The average Bonchev–Trinajstić information content (AvgIpc) is 2.78. The molecule has 2 N–H and O–H groups in total. The molecule has 0 saturated heterocycles. The SMILES string of the molecule is COC(=O)CC(C)N(CC(N)=O)C1CCCC1. The molecule has 1 fully saturated rings. The molecule has 0 radical (unpaired) electrons. The van der Waals surface area contributed by atoms with Crippen LogP contribution in [0.3, 0.4) is 0 Å². The standard InChI is InChI=1S/C12H22N2O3/c1-9(7-12(16)17-2)14(8-11(13)15)10-5-3-4-6-10/h9-10H,3-8H2,1-2H3,(H2,13,15). The highest BCUT2D eigenvalue weighted by Gasteiger charge is 2.28. The lowest BCUT2D eigenvalue weighted by molar-refractivity contribution is -0.142. The molecule has 1 rings (SSSR count). The summed E-state index contributed by atoms with van der Waals surface area (Å²) in [5.41, 5.74) is 5.27. The van der Waals surface area contributed by atoms with Gasteiger partial charge in [0.2, 0.25) is 5.91 Å².